The highest BCUT2D eigenvalue weighted by Crippen LogP contribution is 2.45. The zero-order chi connectivity index (χ0) is 13.3. The number of carboxylic acids is 1. The van der Waals surface area contributed by atoms with Gasteiger partial charge in [0.25, 0.3) is 5.91 Å². The largest absolute Gasteiger partial charge is 0.506 e. The summed E-state index contributed by atoms with van der Waals surface area (Å²) < 4.78 is 0. The van der Waals surface area contributed by atoms with Gasteiger partial charge in [-0.3, -0.25) is 9.59 Å². The molecule has 3 N–H and O–H groups in total. The fourth-order valence-corrected chi connectivity index (χ4v) is 1.80. The number of benzene rings is 1. The van der Waals surface area contributed by atoms with E-state index >= 15 is 0 Å². The molecule has 1 fully saturated rings. The normalized spacial score (nSPS) is 16.1. The summed E-state index contributed by atoms with van der Waals surface area (Å²) in [4.78, 5) is 22.7. The number of hydrogen-bond acceptors (Lipinski definition) is 3. The number of hydrogen-bond donors (Lipinski definition) is 3. The van der Waals surface area contributed by atoms with Crippen molar-refractivity contribution in [2.75, 3.05) is 6.54 Å². The van der Waals surface area contributed by atoms with Crippen LogP contribution in [0, 0.1) is 5.41 Å². The molecule has 0 heterocycles. The summed E-state index contributed by atoms with van der Waals surface area (Å²) in [5.74, 6) is -1.38. The Hall–Kier alpha value is -1.75. The van der Waals surface area contributed by atoms with E-state index in [4.69, 9.17) is 16.7 Å². The van der Waals surface area contributed by atoms with Gasteiger partial charge in [-0.25, -0.2) is 0 Å². The number of carbonyl (C=O) groups is 2. The van der Waals surface area contributed by atoms with Crippen molar-refractivity contribution >= 4 is 23.5 Å². The molecule has 0 bridgehead atoms. The second kappa shape index (κ2) is 4.49. The van der Waals surface area contributed by atoms with Crippen molar-refractivity contribution in [2.24, 2.45) is 5.41 Å². The zero-order valence-electron chi connectivity index (χ0n) is 9.44. The van der Waals surface area contributed by atoms with Gasteiger partial charge in [0.15, 0.2) is 0 Å². The lowest BCUT2D eigenvalue weighted by atomic mass is 10.1. The lowest BCUT2D eigenvalue weighted by Gasteiger charge is -2.11. The first-order valence-corrected chi connectivity index (χ1v) is 5.82. The Balaban J connectivity index is 2.00. The van der Waals surface area contributed by atoms with Gasteiger partial charge in [0.05, 0.1) is 10.4 Å². The number of amides is 1. The minimum Gasteiger partial charge on any atom is -0.506 e. The van der Waals surface area contributed by atoms with Crippen LogP contribution in [0.3, 0.4) is 0 Å². The third-order valence-electron chi connectivity index (χ3n) is 3.10. The highest BCUT2D eigenvalue weighted by Gasteiger charge is 2.50. The summed E-state index contributed by atoms with van der Waals surface area (Å²) in [5, 5.41) is 20.8. The lowest BCUT2D eigenvalue weighted by Crippen LogP contribution is -2.34. The fourth-order valence-electron chi connectivity index (χ4n) is 1.62. The Bertz CT molecular complexity index is 511. The highest BCUT2D eigenvalue weighted by atomic mass is 35.5. The van der Waals surface area contributed by atoms with Gasteiger partial charge in [0.2, 0.25) is 0 Å². The molecule has 2 rings (SSSR count). The topological polar surface area (TPSA) is 86.6 Å². The van der Waals surface area contributed by atoms with E-state index in [-0.39, 0.29) is 17.3 Å². The van der Waals surface area contributed by atoms with Gasteiger partial charge in [0.1, 0.15) is 5.75 Å². The maximum atomic E-state index is 11.8. The van der Waals surface area contributed by atoms with Crippen LogP contribution in [0.1, 0.15) is 23.2 Å². The zero-order valence-corrected chi connectivity index (χ0v) is 10.2. The van der Waals surface area contributed by atoms with Crippen LogP contribution in [0.25, 0.3) is 0 Å². The van der Waals surface area contributed by atoms with Crippen LogP contribution in [-0.4, -0.2) is 28.6 Å². The van der Waals surface area contributed by atoms with Crippen LogP contribution in [0.15, 0.2) is 18.2 Å². The molecule has 96 valence electrons. The lowest BCUT2D eigenvalue weighted by molar-refractivity contribution is -0.143. The fraction of sp³-hybridized carbons (Fsp3) is 0.333. The van der Waals surface area contributed by atoms with Crippen LogP contribution >= 0.6 is 11.6 Å². The van der Waals surface area contributed by atoms with Crippen molar-refractivity contribution < 1.29 is 19.8 Å². The molecule has 18 heavy (non-hydrogen) atoms. The van der Waals surface area contributed by atoms with E-state index in [1.54, 1.807) is 0 Å². The molecule has 0 aliphatic heterocycles. The summed E-state index contributed by atoms with van der Waals surface area (Å²) in [6, 6.07) is 4.09. The van der Waals surface area contributed by atoms with E-state index < -0.39 is 17.3 Å². The van der Waals surface area contributed by atoms with Gasteiger partial charge in [-0.2, -0.15) is 0 Å². The molecule has 6 heteroatoms. The standard InChI is InChI=1S/C12H12ClNO4/c13-8-5-7(1-2-9(8)15)10(16)14-6-12(3-4-12)11(17)18/h1-2,5,15H,3-4,6H2,(H,14,16)(H,17,18). The summed E-state index contributed by atoms with van der Waals surface area (Å²) in [7, 11) is 0. The SMILES string of the molecule is O=C(NCC1(C(=O)O)CC1)c1ccc(O)c(Cl)c1. The van der Waals surface area contributed by atoms with Gasteiger partial charge in [-0.15, -0.1) is 0 Å². The predicted molar refractivity (Wildman–Crippen MR) is 64.8 cm³/mol. The van der Waals surface area contributed by atoms with Crippen molar-refractivity contribution in [1.82, 2.24) is 5.32 Å². The third kappa shape index (κ3) is 2.41. The van der Waals surface area contributed by atoms with Gasteiger partial charge in [0, 0.05) is 12.1 Å². The summed E-state index contributed by atoms with van der Waals surface area (Å²) in [5.41, 5.74) is -0.505. The van der Waals surface area contributed by atoms with Crippen molar-refractivity contribution in [1.29, 1.82) is 0 Å². The molecule has 0 spiro atoms. The first-order chi connectivity index (χ1) is 8.44. The number of aromatic hydroxyl groups is 1. The first-order valence-electron chi connectivity index (χ1n) is 5.45. The van der Waals surface area contributed by atoms with Gasteiger partial charge in [-0.05, 0) is 31.0 Å². The maximum Gasteiger partial charge on any atom is 0.311 e. The van der Waals surface area contributed by atoms with Crippen molar-refractivity contribution in [3.63, 3.8) is 0 Å². The second-order valence-corrected chi connectivity index (χ2v) is 4.84. The monoisotopic (exact) mass is 269 g/mol. The van der Waals surface area contributed by atoms with Crippen LogP contribution in [0.2, 0.25) is 5.02 Å². The van der Waals surface area contributed by atoms with Gasteiger partial charge >= 0.3 is 5.97 Å². The average Bonchev–Trinajstić information content (AvgIpc) is 3.11. The predicted octanol–water partition coefficient (Wildman–Crippen LogP) is 1.64. The molecular formula is C12H12ClNO4. The Morgan fingerprint density at radius 1 is 1.39 bits per heavy atom. The highest BCUT2D eigenvalue weighted by molar-refractivity contribution is 6.32. The molecule has 1 saturated carbocycles. The minimum atomic E-state index is -0.883. The average molecular weight is 270 g/mol. The van der Waals surface area contributed by atoms with Crippen LogP contribution in [-0.2, 0) is 4.79 Å². The molecule has 1 aromatic rings. The van der Waals surface area contributed by atoms with E-state index in [0.29, 0.717) is 18.4 Å². The number of carboxylic acid groups (broad SMARTS) is 1. The summed E-state index contributed by atoms with van der Waals surface area (Å²) in [6.07, 6.45) is 1.16. The number of phenols is 1. The molecular weight excluding hydrogens is 258 g/mol. The Kier molecular flexibility index (Phi) is 3.17. The Labute approximate surface area is 108 Å². The van der Waals surface area contributed by atoms with E-state index in [9.17, 15) is 14.7 Å². The molecule has 0 unspecified atom stereocenters. The smallest absolute Gasteiger partial charge is 0.311 e. The number of carbonyl (C=O) groups excluding carboxylic acids is 1. The molecule has 1 aliphatic carbocycles. The first kappa shape index (κ1) is 12.7. The summed E-state index contributed by atoms with van der Waals surface area (Å²) >= 11 is 5.69. The number of rotatable bonds is 4. The second-order valence-electron chi connectivity index (χ2n) is 4.43. The quantitative estimate of drug-likeness (QED) is 0.775. The van der Waals surface area contributed by atoms with E-state index in [0.717, 1.165) is 0 Å². The number of phenolic OH excluding ortho intramolecular Hbond substituents is 1. The Morgan fingerprint density at radius 3 is 2.56 bits per heavy atom. The van der Waals surface area contributed by atoms with Crippen LogP contribution in [0.4, 0.5) is 0 Å². The maximum absolute atomic E-state index is 11.8. The van der Waals surface area contributed by atoms with Gasteiger partial charge < -0.3 is 15.5 Å². The number of halogens is 1. The molecule has 1 amide bonds. The van der Waals surface area contributed by atoms with E-state index in [1.165, 1.54) is 18.2 Å². The van der Waals surface area contributed by atoms with Crippen molar-refractivity contribution in [3.05, 3.63) is 28.8 Å². The van der Waals surface area contributed by atoms with Crippen molar-refractivity contribution in [3.8, 4) is 5.75 Å². The minimum absolute atomic E-state index is 0.0852. The molecule has 0 aromatic heterocycles. The van der Waals surface area contributed by atoms with Crippen LogP contribution < -0.4 is 5.32 Å². The Morgan fingerprint density at radius 2 is 2.06 bits per heavy atom. The van der Waals surface area contributed by atoms with E-state index in [1.807, 2.05) is 0 Å². The molecule has 1 aromatic carbocycles. The van der Waals surface area contributed by atoms with Crippen LogP contribution in [0.5, 0.6) is 5.75 Å². The number of nitrogens with one attached hydrogen (secondary N) is 1. The summed E-state index contributed by atoms with van der Waals surface area (Å²) in [6.45, 7) is 0.111. The molecule has 0 radical (unpaired) electrons. The van der Waals surface area contributed by atoms with Crippen molar-refractivity contribution in [2.45, 2.75) is 12.8 Å². The molecule has 0 atom stereocenters. The van der Waals surface area contributed by atoms with E-state index in [2.05, 4.69) is 5.32 Å². The molecule has 0 saturated heterocycles. The number of aliphatic carboxylic acids is 1. The molecule has 1 aliphatic rings. The van der Waals surface area contributed by atoms with Gasteiger partial charge in [-0.1, -0.05) is 11.6 Å². The molecule has 5 nitrogen and oxygen atoms in total. The third-order valence-corrected chi connectivity index (χ3v) is 3.41.